The number of amides is 2. The summed E-state index contributed by atoms with van der Waals surface area (Å²) in [6, 6.07) is 23.7. The van der Waals surface area contributed by atoms with Gasteiger partial charge in [-0.15, -0.1) is 0 Å². The predicted molar refractivity (Wildman–Crippen MR) is 123 cm³/mol. The molecule has 0 saturated carbocycles. The Morgan fingerprint density at radius 3 is 1.79 bits per heavy atom. The zero-order valence-corrected chi connectivity index (χ0v) is 18.6. The summed E-state index contributed by atoms with van der Waals surface area (Å²) in [5.41, 5.74) is -0.846. The summed E-state index contributed by atoms with van der Waals surface area (Å²) < 4.78 is 5.03. The van der Waals surface area contributed by atoms with E-state index in [9.17, 15) is 24.7 Å². The van der Waals surface area contributed by atoms with E-state index in [0.717, 1.165) is 7.11 Å². The van der Waals surface area contributed by atoms with E-state index < -0.39 is 36.0 Å². The highest BCUT2D eigenvalue weighted by molar-refractivity contribution is 5.95. The molecule has 0 heterocycles. The van der Waals surface area contributed by atoms with Crippen molar-refractivity contribution >= 4 is 17.8 Å². The molecule has 0 unspecified atom stereocenters. The number of carbonyl (C=O) groups excluding carboxylic acids is 3. The third kappa shape index (κ3) is 4.98. The molecule has 176 valence electrons. The number of ether oxygens (including phenoxy) is 1. The molecule has 8 heteroatoms. The van der Waals surface area contributed by atoms with Gasteiger partial charge in [0.15, 0.2) is 0 Å². The Kier molecular flexibility index (Phi) is 8.13. The maximum absolute atomic E-state index is 13.4. The number of nitrogens with zero attached hydrogens (tertiary/aromatic N) is 1. The highest BCUT2D eigenvalue weighted by atomic mass is 16.6. The van der Waals surface area contributed by atoms with E-state index in [1.807, 2.05) is 6.07 Å². The van der Waals surface area contributed by atoms with Crippen LogP contribution >= 0.6 is 0 Å². The minimum atomic E-state index is -2.08. The number of hydroxylamine groups is 2. The molecule has 0 spiro atoms. The number of carbonyl (C=O) groups is 3. The second-order valence-corrected chi connectivity index (χ2v) is 7.55. The molecule has 1 atom stereocenters. The summed E-state index contributed by atoms with van der Waals surface area (Å²) in [4.78, 5) is 39.1. The molecule has 0 saturated heterocycles. The zero-order valence-electron chi connectivity index (χ0n) is 18.6. The Labute approximate surface area is 197 Å². The van der Waals surface area contributed by atoms with Gasteiger partial charge in [0, 0.05) is 0 Å². The van der Waals surface area contributed by atoms with Gasteiger partial charge in [0.05, 0.1) is 20.1 Å². The van der Waals surface area contributed by atoms with Crippen LogP contribution in [-0.4, -0.2) is 52.9 Å². The second-order valence-electron chi connectivity index (χ2n) is 7.55. The quantitative estimate of drug-likeness (QED) is 0.255. The van der Waals surface area contributed by atoms with E-state index in [1.165, 1.54) is 0 Å². The number of esters is 1. The monoisotopic (exact) mass is 462 g/mol. The number of nitrogens with one attached hydrogen (secondary N) is 1. The molecule has 3 rings (SSSR count). The van der Waals surface area contributed by atoms with Crippen LogP contribution in [-0.2, 0) is 31.1 Å². The fourth-order valence-corrected chi connectivity index (χ4v) is 3.76. The minimum absolute atomic E-state index is 0.0322. The lowest BCUT2D eigenvalue weighted by Gasteiger charge is -2.39. The molecule has 34 heavy (non-hydrogen) atoms. The van der Waals surface area contributed by atoms with Crippen molar-refractivity contribution in [3.05, 3.63) is 108 Å². The van der Waals surface area contributed by atoms with Crippen LogP contribution in [0.3, 0.4) is 0 Å². The molecule has 8 nitrogen and oxygen atoms in total. The fraction of sp³-hybridized carbons (Fsp3) is 0.192. The highest BCUT2D eigenvalue weighted by Gasteiger charge is 2.52. The number of hydrogen-bond acceptors (Lipinski definition) is 6. The topological polar surface area (TPSA) is 116 Å². The lowest BCUT2D eigenvalue weighted by Crippen LogP contribution is -2.60. The van der Waals surface area contributed by atoms with Gasteiger partial charge in [-0.1, -0.05) is 91.0 Å². The van der Waals surface area contributed by atoms with Crippen molar-refractivity contribution in [3.63, 3.8) is 0 Å². The molecule has 3 N–H and O–H groups in total. The first kappa shape index (κ1) is 24.6. The number of aliphatic hydroxyl groups is 1. The molecular weight excluding hydrogens is 436 g/mol. The SMILES string of the molecule is COC(=O)C(c1ccccc1)(c1ccccc1)N(O)C(=O)[C@H](CO)NC(=O)Cc1ccccc1. The number of hydrogen-bond donors (Lipinski definition) is 3. The van der Waals surface area contributed by atoms with Gasteiger partial charge >= 0.3 is 5.97 Å². The summed E-state index contributed by atoms with van der Waals surface area (Å²) in [5.74, 6) is -2.54. The third-order valence-electron chi connectivity index (χ3n) is 5.41. The maximum Gasteiger partial charge on any atom is 0.343 e. The van der Waals surface area contributed by atoms with Crippen LogP contribution in [0.2, 0.25) is 0 Å². The smallest absolute Gasteiger partial charge is 0.343 e. The van der Waals surface area contributed by atoms with E-state index in [4.69, 9.17) is 4.74 Å². The third-order valence-corrected chi connectivity index (χ3v) is 5.41. The number of rotatable bonds is 9. The van der Waals surface area contributed by atoms with Crippen LogP contribution in [0.5, 0.6) is 0 Å². The van der Waals surface area contributed by atoms with Crippen molar-refractivity contribution in [3.8, 4) is 0 Å². The Bertz CT molecular complexity index is 1070. The van der Waals surface area contributed by atoms with Gasteiger partial charge in [-0.25, -0.2) is 4.79 Å². The summed E-state index contributed by atoms with van der Waals surface area (Å²) in [6.07, 6.45) is -0.0322. The fourth-order valence-electron chi connectivity index (χ4n) is 3.76. The molecule has 0 aliphatic carbocycles. The molecule has 3 aromatic rings. The molecule has 0 aliphatic heterocycles. The Morgan fingerprint density at radius 1 is 0.882 bits per heavy atom. The van der Waals surface area contributed by atoms with Crippen molar-refractivity contribution in [1.82, 2.24) is 10.4 Å². The highest BCUT2D eigenvalue weighted by Crippen LogP contribution is 2.37. The molecular formula is C26H26N2O6. The van der Waals surface area contributed by atoms with Gasteiger partial charge in [0.1, 0.15) is 6.04 Å². The predicted octanol–water partition coefficient (Wildman–Crippen LogP) is 2.04. The summed E-state index contributed by atoms with van der Waals surface area (Å²) in [6.45, 7) is -0.794. The molecule has 0 bridgehead atoms. The zero-order chi connectivity index (χ0) is 24.6. The first-order chi connectivity index (χ1) is 16.4. The number of methoxy groups -OCH3 is 1. The van der Waals surface area contributed by atoms with E-state index in [2.05, 4.69) is 5.32 Å². The van der Waals surface area contributed by atoms with Gasteiger partial charge < -0.3 is 15.2 Å². The molecule has 0 aliphatic rings. The first-order valence-electron chi connectivity index (χ1n) is 10.6. The summed E-state index contributed by atoms with van der Waals surface area (Å²) in [5, 5.41) is 23.8. The van der Waals surface area contributed by atoms with Crippen LogP contribution in [0.15, 0.2) is 91.0 Å². The van der Waals surface area contributed by atoms with E-state index >= 15 is 0 Å². The Morgan fingerprint density at radius 2 is 1.35 bits per heavy atom. The van der Waals surface area contributed by atoms with Gasteiger partial charge in [-0.2, -0.15) is 5.06 Å². The van der Waals surface area contributed by atoms with Gasteiger partial charge in [0.25, 0.3) is 5.91 Å². The van der Waals surface area contributed by atoms with Crippen LogP contribution in [0.4, 0.5) is 0 Å². The Balaban J connectivity index is 1.99. The lowest BCUT2D eigenvalue weighted by atomic mass is 9.82. The molecule has 0 radical (unpaired) electrons. The average molecular weight is 463 g/mol. The van der Waals surface area contributed by atoms with Crippen molar-refractivity contribution < 1.29 is 29.4 Å². The van der Waals surface area contributed by atoms with E-state index in [-0.39, 0.29) is 22.6 Å². The standard InChI is InChI=1S/C26H26N2O6/c1-34-25(32)26(20-13-7-3-8-14-20,21-15-9-4-10-16-21)28(33)24(31)22(18-29)27-23(30)17-19-11-5-2-6-12-19/h2-16,22,29,33H,17-18H2,1H3,(H,27,30)/t22-/m0/s1. The van der Waals surface area contributed by atoms with Crippen molar-refractivity contribution in [2.75, 3.05) is 13.7 Å². The van der Waals surface area contributed by atoms with Gasteiger partial charge in [0.2, 0.25) is 11.4 Å². The van der Waals surface area contributed by atoms with Gasteiger partial charge in [-0.05, 0) is 16.7 Å². The first-order valence-corrected chi connectivity index (χ1v) is 10.6. The molecule has 3 aromatic carbocycles. The summed E-state index contributed by atoms with van der Waals surface area (Å²) in [7, 11) is 1.15. The molecule has 2 amide bonds. The van der Waals surface area contributed by atoms with E-state index in [1.54, 1.807) is 84.9 Å². The van der Waals surface area contributed by atoms with Gasteiger partial charge in [-0.3, -0.25) is 14.8 Å². The van der Waals surface area contributed by atoms with Crippen LogP contribution in [0, 0.1) is 0 Å². The largest absolute Gasteiger partial charge is 0.467 e. The van der Waals surface area contributed by atoms with Crippen LogP contribution < -0.4 is 5.32 Å². The number of aliphatic hydroxyl groups excluding tert-OH is 1. The van der Waals surface area contributed by atoms with Crippen molar-refractivity contribution in [2.24, 2.45) is 0 Å². The average Bonchev–Trinajstić information content (AvgIpc) is 2.89. The molecule has 0 aromatic heterocycles. The normalized spacial score (nSPS) is 11.9. The number of benzene rings is 3. The maximum atomic E-state index is 13.4. The lowest BCUT2D eigenvalue weighted by molar-refractivity contribution is -0.205. The summed E-state index contributed by atoms with van der Waals surface area (Å²) >= 11 is 0. The Hall–Kier alpha value is -4.01. The van der Waals surface area contributed by atoms with Crippen molar-refractivity contribution in [1.29, 1.82) is 0 Å². The second kappa shape index (κ2) is 11.2. The van der Waals surface area contributed by atoms with Crippen LogP contribution in [0.1, 0.15) is 16.7 Å². The van der Waals surface area contributed by atoms with Crippen LogP contribution in [0.25, 0.3) is 0 Å². The van der Waals surface area contributed by atoms with Crippen molar-refractivity contribution in [2.45, 2.75) is 18.0 Å². The molecule has 0 fully saturated rings. The van der Waals surface area contributed by atoms with E-state index in [0.29, 0.717) is 5.56 Å². The minimum Gasteiger partial charge on any atom is -0.467 e.